The molecule has 4 heteroatoms. The van der Waals surface area contributed by atoms with Crippen LogP contribution in [0.25, 0.3) is 0 Å². The number of carbonyl (C=O) groups excluding carboxylic acids is 2. The van der Waals surface area contributed by atoms with Crippen molar-refractivity contribution in [3.8, 4) is 0 Å². The normalized spacial score (nSPS) is 12.7. The summed E-state index contributed by atoms with van der Waals surface area (Å²) in [6.45, 7) is 3.89. The van der Waals surface area contributed by atoms with Crippen molar-refractivity contribution in [2.45, 2.75) is 19.9 Å². The van der Waals surface area contributed by atoms with E-state index in [-0.39, 0.29) is 24.5 Å². The summed E-state index contributed by atoms with van der Waals surface area (Å²) in [5.41, 5.74) is 0. The Hall–Kier alpha value is -0.900. The molecule has 0 saturated carbocycles. The van der Waals surface area contributed by atoms with Crippen LogP contribution in [0.15, 0.2) is 0 Å². The van der Waals surface area contributed by atoms with Gasteiger partial charge in [-0.2, -0.15) is 0 Å². The third kappa shape index (κ3) is 4.08. The van der Waals surface area contributed by atoms with E-state index in [4.69, 9.17) is 0 Å². The lowest BCUT2D eigenvalue weighted by atomic mass is 10.1. The SMILES string of the molecule is COC(=O)CN[C@H](C=O)C(C)C. The predicted octanol–water partition coefficient (Wildman–Crippen LogP) is -0.0275. The van der Waals surface area contributed by atoms with Gasteiger partial charge >= 0.3 is 5.97 Å². The first-order valence-corrected chi connectivity index (χ1v) is 3.87. The van der Waals surface area contributed by atoms with Crippen LogP contribution in [0, 0.1) is 5.92 Å². The van der Waals surface area contributed by atoms with Crippen molar-refractivity contribution in [2.75, 3.05) is 13.7 Å². The van der Waals surface area contributed by atoms with Crippen LogP contribution in [0.3, 0.4) is 0 Å². The van der Waals surface area contributed by atoms with Crippen LogP contribution in [0.4, 0.5) is 0 Å². The number of rotatable bonds is 5. The molecule has 12 heavy (non-hydrogen) atoms. The number of esters is 1. The van der Waals surface area contributed by atoms with Gasteiger partial charge < -0.3 is 9.53 Å². The Morgan fingerprint density at radius 1 is 1.58 bits per heavy atom. The van der Waals surface area contributed by atoms with Crippen LogP contribution >= 0.6 is 0 Å². The molecule has 0 aliphatic heterocycles. The highest BCUT2D eigenvalue weighted by Gasteiger charge is 2.12. The number of hydrogen-bond acceptors (Lipinski definition) is 4. The Balaban J connectivity index is 3.72. The number of aldehydes is 1. The highest BCUT2D eigenvalue weighted by molar-refractivity contribution is 5.72. The van der Waals surface area contributed by atoms with Gasteiger partial charge in [0.25, 0.3) is 0 Å². The van der Waals surface area contributed by atoms with Gasteiger partial charge in [-0.1, -0.05) is 13.8 Å². The van der Waals surface area contributed by atoms with Gasteiger partial charge in [0.2, 0.25) is 0 Å². The van der Waals surface area contributed by atoms with Gasteiger partial charge in [0.1, 0.15) is 6.29 Å². The second-order valence-corrected chi connectivity index (χ2v) is 2.86. The molecule has 0 saturated heterocycles. The fourth-order valence-corrected chi connectivity index (χ4v) is 0.714. The summed E-state index contributed by atoms with van der Waals surface area (Å²) in [7, 11) is 1.31. The Labute approximate surface area is 72.3 Å². The summed E-state index contributed by atoms with van der Waals surface area (Å²) < 4.78 is 4.41. The van der Waals surface area contributed by atoms with Crippen LogP contribution in [0.5, 0.6) is 0 Å². The lowest BCUT2D eigenvalue weighted by Crippen LogP contribution is -2.38. The highest BCUT2D eigenvalue weighted by atomic mass is 16.5. The molecule has 70 valence electrons. The van der Waals surface area contributed by atoms with E-state index in [9.17, 15) is 9.59 Å². The van der Waals surface area contributed by atoms with E-state index in [2.05, 4.69) is 10.1 Å². The second-order valence-electron chi connectivity index (χ2n) is 2.86. The van der Waals surface area contributed by atoms with Crippen LogP contribution in [0.2, 0.25) is 0 Å². The van der Waals surface area contributed by atoms with Gasteiger partial charge in [-0.3, -0.25) is 10.1 Å². The van der Waals surface area contributed by atoms with Gasteiger partial charge in [-0.15, -0.1) is 0 Å². The maximum atomic E-state index is 10.7. The molecule has 0 spiro atoms. The fourth-order valence-electron chi connectivity index (χ4n) is 0.714. The summed E-state index contributed by atoms with van der Waals surface area (Å²) in [5.74, 6) is -0.172. The zero-order valence-corrected chi connectivity index (χ0v) is 7.66. The molecule has 0 aromatic carbocycles. The molecule has 0 amide bonds. The number of nitrogens with one attached hydrogen (secondary N) is 1. The first-order valence-electron chi connectivity index (χ1n) is 3.87. The first-order chi connectivity index (χ1) is 5.61. The molecule has 4 nitrogen and oxygen atoms in total. The maximum Gasteiger partial charge on any atom is 0.319 e. The molecule has 0 aromatic rings. The molecule has 0 bridgehead atoms. The van der Waals surface area contributed by atoms with E-state index in [0.29, 0.717) is 0 Å². The van der Waals surface area contributed by atoms with E-state index in [1.807, 2.05) is 13.8 Å². The minimum Gasteiger partial charge on any atom is -0.468 e. The Kier molecular flexibility index (Phi) is 5.28. The van der Waals surface area contributed by atoms with E-state index in [1.54, 1.807) is 0 Å². The number of ether oxygens (including phenoxy) is 1. The molecule has 1 N–H and O–H groups in total. The predicted molar refractivity (Wildman–Crippen MR) is 44.7 cm³/mol. The molecular weight excluding hydrogens is 158 g/mol. The zero-order chi connectivity index (χ0) is 9.56. The second kappa shape index (κ2) is 5.71. The van der Waals surface area contributed by atoms with Crippen molar-refractivity contribution in [3.63, 3.8) is 0 Å². The van der Waals surface area contributed by atoms with Crippen molar-refractivity contribution in [3.05, 3.63) is 0 Å². The van der Waals surface area contributed by atoms with E-state index < -0.39 is 0 Å². The topological polar surface area (TPSA) is 55.4 Å². The van der Waals surface area contributed by atoms with Crippen molar-refractivity contribution in [1.29, 1.82) is 0 Å². The van der Waals surface area contributed by atoms with Crippen LogP contribution in [-0.4, -0.2) is 32.0 Å². The van der Waals surface area contributed by atoms with Crippen molar-refractivity contribution in [2.24, 2.45) is 5.92 Å². The first kappa shape index (κ1) is 11.1. The molecule has 1 atom stereocenters. The summed E-state index contributed by atoms with van der Waals surface area (Å²) in [6.07, 6.45) is 0.799. The number of hydrogen-bond donors (Lipinski definition) is 1. The van der Waals surface area contributed by atoms with Gasteiger partial charge in [0.15, 0.2) is 0 Å². The monoisotopic (exact) mass is 173 g/mol. The zero-order valence-electron chi connectivity index (χ0n) is 7.66. The number of carbonyl (C=O) groups is 2. The van der Waals surface area contributed by atoms with Gasteiger partial charge in [-0.25, -0.2) is 0 Å². The minimum absolute atomic E-state index is 0.0814. The maximum absolute atomic E-state index is 10.7. The molecule has 0 rings (SSSR count). The lowest BCUT2D eigenvalue weighted by Gasteiger charge is -2.14. The summed E-state index contributed by atoms with van der Waals surface area (Å²) in [4.78, 5) is 21.1. The third-order valence-corrected chi connectivity index (χ3v) is 1.57. The average Bonchev–Trinajstić information content (AvgIpc) is 2.04. The summed E-state index contributed by atoms with van der Waals surface area (Å²) in [6, 6.07) is -0.274. The summed E-state index contributed by atoms with van der Waals surface area (Å²) >= 11 is 0. The van der Waals surface area contributed by atoms with E-state index in [1.165, 1.54) is 7.11 Å². The molecule has 0 heterocycles. The molecular formula is C8H15NO3. The molecule has 0 fully saturated rings. The average molecular weight is 173 g/mol. The van der Waals surface area contributed by atoms with Gasteiger partial charge in [0.05, 0.1) is 19.7 Å². The lowest BCUT2D eigenvalue weighted by molar-refractivity contribution is -0.139. The smallest absolute Gasteiger partial charge is 0.319 e. The third-order valence-electron chi connectivity index (χ3n) is 1.57. The molecule has 0 aromatic heterocycles. The van der Waals surface area contributed by atoms with Crippen LogP contribution in [-0.2, 0) is 14.3 Å². The fraction of sp³-hybridized carbons (Fsp3) is 0.750. The van der Waals surface area contributed by atoms with E-state index in [0.717, 1.165) is 6.29 Å². The number of methoxy groups -OCH3 is 1. The van der Waals surface area contributed by atoms with Crippen molar-refractivity contribution >= 4 is 12.3 Å². The summed E-state index contributed by atoms with van der Waals surface area (Å²) in [5, 5.41) is 2.78. The molecule has 0 unspecified atom stereocenters. The van der Waals surface area contributed by atoms with Gasteiger partial charge in [-0.05, 0) is 5.92 Å². The van der Waals surface area contributed by atoms with Crippen LogP contribution < -0.4 is 5.32 Å². The largest absolute Gasteiger partial charge is 0.468 e. The van der Waals surface area contributed by atoms with E-state index >= 15 is 0 Å². The highest BCUT2D eigenvalue weighted by Crippen LogP contribution is 1.97. The Morgan fingerprint density at radius 3 is 2.50 bits per heavy atom. The Bertz CT molecular complexity index is 156. The standard InChI is InChI=1S/C8H15NO3/c1-6(2)7(5-10)9-4-8(11)12-3/h5-7,9H,4H2,1-3H3/t7-/m1/s1. The molecule has 0 aliphatic rings. The van der Waals surface area contributed by atoms with Crippen LogP contribution in [0.1, 0.15) is 13.8 Å². The minimum atomic E-state index is -0.359. The van der Waals surface area contributed by atoms with Crippen molar-refractivity contribution in [1.82, 2.24) is 5.32 Å². The molecule has 0 radical (unpaired) electrons. The van der Waals surface area contributed by atoms with Gasteiger partial charge in [0, 0.05) is 0 Å². The quantitative estimate of drug-likeness (QED) is 0.468. The van der Waals surface area contributed by atoms with Crippen molar-refractivity contribution < 1.29 is 14.3 Å². The Morgan fingerprint density at radius 2 is 2.17 bits per heavy atom. The molecule has 0 aliphatic carbocycles.